The fourth-order valence-electron chi connectivity index (χ4n) is 4.36. The number of hydrogen-bond donors (Lipinski definition) is 1. The summed E-state index contributed by atoms with van der Waals surface area (Å²) in [7, 11) is 0. The lowest BCUT2D eigenvalue weighted by Gasteiger charge is -2.36. The number of carboxylic acid groups (broad SMARTS) is 1. The Morgan fingerprint density at radius 3 is 2.75 bits per heavy atom. The molecule has 5 heteroatoms. The first-order chi connectivity index (χ1) is 11.7. The van der Waals surface area contributed by atoms with E-state index in [0.717, 1.165) is 43.7 Å². The van der Waals surface area contributed by atoms with Crippen LogP contribution in [0, 0.1) is 5.92 Å². The molecule has 1 aromatic heterocycles. The number of aromatic nitrogens is 2. The fourth-order valence-corrected chi connectivity index (χ4v) is 4.36. The number of fused-ring (bicyclic) bond motifs is 4. The van der Waals surface area contributed by atoms with Gasteiger partial charge >= 0.3 is 5.97 Å². The molecule has 4 rings (SSSR count). The maximum absolute atomic E-state index is 11.8. The second kappa shape index (κ2) is 6.32. The van der Waals surface area contributed by atoms with Crippen LogP contribution >= 0.6 is 0 Å². The fraction of sp³-hybridized carbons (Fsp3) is 0.421. The quantitative estimate of drug-likeness (QED) is 0.940. The van der Waals surface area contributed by atoms with Crippen LogP contribution in [0.1, 0.15) is 41.5 Å². The third kappa shape index (κ3) is 2.91. The SMILES string of the molecule is O=C(O)[C@@H]1C[C@H]2C[C@H](CN(Cc3cnccn3)C2)c2ccccc21. The number of aliphatic carboxylic acids is 1. The van der Waals surface area contributed by atoms with Gasteiger partial charge in [0.05, 0.1) is 11.6 Å². The summed E-state index contributed by atoms with van der Waals surface area (Å²) in [6.45, 7) is 2.67. The van der Waals surface area contributed by atoms with Crippen LogP contribution in [0.4, 0.5) is 0 Å². The Labute approximate surface area is 141 Å². The summed E-state index contributed by atoms with van der Waals surface area (Å²) in [4.78, 5) is 22.7. The molecule has 124 valence electrons. The van der Waals surface area contributed by atoms with Gasteiger partial charge < -0.3 is 5.11 Å². The van der Waals surface area contributed by atoms with Gasteiger partial charge in [-0.05, 0) is 35.8 Å². The largest absolute Gasteiger partial charge is 0.481 e. The summed E-state index contributed by atoms with van der Waals surface area (Å²) < 4.78 is 0. The summed E-state index contributed by atoms with van der Waals surface area (Å²) in [6, 6.07) is 8.10. The highest BCUT2D eigenvalue weighted by atomic mass is 16.4. The molecule has 3 atom stereocenters. The topological polar surface area (TPSA) is 66.3 Å². The molecule has 2 aliphatic rings. The van der Waals surface area contributed by atoms with Crippen molar-refractivity contribution in [1.82, 2.24) is 14.9 Å². The normalized spacial score (nSPS) is 26.4. The van der Waals surface area contributed by atoms with E-state index < -0.39 is 5.97 Å². The predicted molar refractivity (Wildman–Crippen MR) is 89.6 cm³/mol. The van der Waals surface area contributed by atoms with E-state index in [-0.39, 0.29) is 5.92 Å². The van der Waals surface area contributed by atoms with Gasteiger partial charge in [-0.25, -0.2) is 0 Å². The molecular weight excluding hydrogens is 302 g/mol. The minimum Gasteiger partial charge on any atom is -0.481 e. The zero-order valence-corrected chi connectivity index (χ0v) is 13.5. The third-order valence-corrected chi connectivity index (χ3v) is 5.29. The molecule has 2 heterocycles. The molecule has 0 radical (unpaired) electrons. The van der Waals surface area contributed by atoms with Gasteiger partial charge in [0.1, 0.15) is 0 Å². The predicted octanol–water partition coefficient (Wildman–Crippen LogP) is 2.65. The van der Waals surface area contributed by atoms with Crippen LogP contribution < -0.4 is 0 Å². The highest BCUT2D eigenvalue weighted by Crippen LogP contribution is 2.43. The highest BCUT2D eigenvalue weighted by Gasteiger charge is 2.37. The molecule has 0 saturated carbocycles. The van der Waals surface area contributed by atoms with Gasteiger partial charge in [-0.2, -0.15) is 0 Å². The van der Waals surface area contributed by atoms with E-state index in [9.17, 15) is 9.90 Å². The number of piperidine rings is 1. The number of likely N-dealkylation sites (tertiary alicyclic amines) is 1. The summed E-state index contributed by atoms with van der Waals surface area (Å²) in [5.41, 5.74) is 3.20. The van der Waals surface area contributed by atoms with E-state index in [2.05, 4.69) is 20.9 Å². The standard InChI is InChI=1S/C19H21N3O2/c23-19(24)18-8-13-7-14(16-3-1-2-4-17(16)18)11-22(10-13)12-15-9-20-5-6-21-15/h1-6,9,13-14,18H,7-8,10-12H2,(H,23,24)/t13-,14-,18-/m1/s1. The van der Waals surface area contributed by atoms with E-state index in [1.165, 1.54) is 5.56 Å². The van der Waals surface area contributed by atoms with Crippen molar-refractivity contribution in [2.24, 2.45) is 5.92 Å². The van der Waals surface area contributed by atoms with Crippen LogP contribution in [-0.2, 0) is 11.3 Å². The number of nitrogens with zero attached hydrogens (tertiary/aromatic N) is 3. The maximum Gasteiger partial charge on any atom is 0.310 e. The minimum atomic E-state index is -0.699. The highest BCUT2D eigenvalue weighted by molar-refractivity contribution is 5.77. The van der Waals surface area contributed by atoms with E-state index in [1.807, 2.05) is 24.4 Å². The lowest BCUT2D eigenvalue weighted by atomic mass is 9.85. The zero-order chi connectivity index (χ0) is 16.5. The van der Waals surface area contributed by atoms with Crippen molar-refractivity contribution in [2.45, 2.75) is 31.2 Å². The Kier molecular flexibility index (Phi) is 4.02. The first kappa shape index (κ1) is 15.3. The second-order valence-electron chi connectivity index (χ2n) is 6.94. The van der Waals surface area contributed by atoms with Gasteiger partial charge in [0, 0.05) is 38.2 Å². The number of carbonyl (C=O) groups is 1. The van der Waals surface area contributed by atoms with Crippen LogP contribution in [0.3, 0.4) is 0 Å². The summed E-state index contributed by atoms with van der Waals surface area (Å²) in [5.74, 6) is -0.266. The van der Waals surface area contributed by atoms with E-state index in [0.29, 0.717) is 11.8 Å². The molecule has 1 fully saturated rings. The molecular formula is C19H21N3O2. The Morgan fingerprint density at radius 2 is 2.00 bits per heavy atom. The van der Waals surface area contributed by atoms with Crippen LogP contribution in [-0.4, -0.2) is 39.0 Å². The molecule has 2 aromatic rings. The molecule has 1 aliphatic heterocycles. The number of rotatable bonds is 3. The molecule has 0 amide bonds. The average Bonchev–Trinajstić information content (AvgIpc) is 2.71. The van der Waals surface area contributed by atoms with E-state index in [4.69, 9.17) is 0 Å². The molecule has 5 nitrogen and oxygen atoms in total. The first-order valence-electron chi connectivity index (χ1n) is 8.49. The molecule has 1 saturated heterocycles. The van der Waals surface area contributed by atoms with Crippen LogP contribution in [0.5, 0.6) is 0 Å². The van der Waals surface area contributed by atoms with Crippen molar-refractivity contribution in [3.63, 3.8) is 0 Å². The van der Waals surface area contributed by atoms with E-state index in [1.54, 1.807) is 12.4 Å². The van der Waals surface area contributed by atoms with Crippen LogP contribution in [0.25, 0.3) is 0 Å². The third-order valence-electron chi connectivity index (χ3n) is 5.29. The van der Waals surface area contributed by atoms with Gasteiger partial charge in [0.25, 0.3) is 0 Å². The van der Waals surface area contributed by atoms with Gasteiger partial charge in [-0.15, -0.1) is 0 Å². The second-order valence-corrected chi connectivity index (χ2v) is 6.94. The summed E-state index contributed by atoms with van der Waals surface area (Å²) >= 11 is 0. The summed E-state index contributed by atoms with van der Waals surface area (Å²) in [6.07, 6.45) is 7.03. The van der Waals surface area contributed by atoms with Gasteiger partial charge in [-0.1, -0.05) is 24.3 Å². The minimum absolute atomic E-state index is 0.382. The number of carboxylic acids is 1. The van der Waals surface area contributed by atoms with Crippen LogP contribution in [0.2, 0.25) is 0 Å². The average molecular weight is 323 g/mol. The van der Waals surface area contributed by atoms with E-state index >= 15 is 0 Å². The molecule has 1 N–H and O–H groups in total. The first-order valence-corrected chi connectivity index (χ1v) is 8.49. The Balaban J connectivity index is 1.63. The molecule has 2 bridgehead atoms. The zero-order valence-electron chi connectivity index (χ0n) is 13.5. The van der Waals surface area contributed by atoms with Crippen molar-refractivity contribution in [1.29, 1.82) is 0 Å². The lowest BCUT2D eigenvalue weighted by Crippen LogP contribution is -2.38. The van der Waals surface area contributed by atoms with Crippen LogP contribution in [0.15, 0.2) is 42.9 Å². The molecule has 1 aromatic carbocycles. The monoisotopic (exact) mass is 323 g/mol. The van der Waals surface area contributed by atoms with Gasteiger partial charge in [0.2, 0.25) is 0 Å². The van der Waals surface area contributed by atoms with Crippen molar-refractivity contribution in [2.75, 3.05) is 13.1 Å². The number of benzene rings is 1. The molecule has 0 unspecified atom stereocenters. The Morgan fingerprint density at radius 1 is 1.17 bits per heavy atom. The van der Waals surface area contributed by atoms with Crippen molar-refractivity contribution < 1.29 is 9.90 Å². The maximum atomic E-state index is 11.8. The van der Waals surface area contributed by atoms with Gasteiger partial charge in [0.15, 0.2) is 0 Å². The summed E-state index contributed by atoms with van der Waals surface area (Å²) in [5, 5.41) is 9.70. The van der Waals surface area contributed by atoms with Crippen molar-refractivity contribution in [3.05, 3.63) is 59.7 Å². The number of hydrogen-bond acceptors (Lipinski definition) is 4. The smallest absolute Gasteiger partial charge is 0.310 e. The molecule has 1 aliphatic carbocycles. The van der Waals surface area contributed by atoms with Crippen molar-refractivity contribution >= 4 is 5.97 Å². The van der Waals surface area contributed by atoms with Crippen molar-refractivity contribution in [3.8, 4) is 0 Å². The Hall–Kier alpha value is -2.27. The lowest BCUT2D eigenvalue weighted by molar-refractivity contribution is -0.139. The molecule has 0 spiro atoms. The van der Waals surface area contributed by atoms with Gasteiger partial charge in [-0.3, -0.25) is 19.7 Å². The Bertz CT molecular complexity index is 734. The molecule has 24 heavy (non-hydrogen) atoms.